The van der Waals surface area contributed by atoms with Gasteiger partial charge >= 0.3 is 6.03 Å². The third-order valence-corrected chi connectivity index (χ3v) is 5.12. The van der Waals surface area contributed by atoms with Gasteiger partial charge in [-0.3, -0.25) is 0 Å². The summed E-state index contributed by atoms with van der Waals surface area (Å²) >= 11 is 1.71. The lowest BCUT2D eigenvalue weighted by atomic mass is 10.2. The minimum atomic E-state index is -0.0843. The van der Waals surface area contributed by atoms with Crippen LogP contribution in [0.15, 0.2) is 10.7 Å². The van der Waals surface area contributed by atoms with Crippen LogP contribution >= 0.6 is 11.3 Å². The highest BCUT2D eigenvalue weighted by Crippen LogP contribution is 2.29. The number of amides is 2. The summed E-state index contributed by atoms with van der Waals surface area (Å²) in [6, 6.07) is -0.152. The Kier molecular flexibility index (Phi) is 4.90. The molecule has 1 aliphatic heterocycles. The van der Waals surface area contributed by atoms with Crippen LogP contribution in [0.2, 0.25) is 0 Å². The predicted octanol–water partition coefficient (Wildman–Crippen LogP) is 2.49. The van der Waals surface area contributed by atoms with Crippen LogP contribution in [-0.4, -0.2) is 39.1 Å². The molecule has 0 aliphatic carbocycles. The van der Waals surface area contributed by atoms with Crippen molar-refractivity contribution >= 4 is 17.4 Å². The minimum Gasteiger partial charge on any atom is -0.340 e. The second kappa shape index (κ2) is 7.08. The summed E-state index contributed by atoms with van der Waals surface area (Å²) in [5.41, 5.74) is 0. The molecule has 0 unspecified atom stereocenters. The molecule has 124 valence electrons. The van der Waals surface area contributed by atoms with Gasteiger partial charge in [-0.15, -0.1) is 11.3 Å². The van der Waals surface area contributed by atoms with E-state index < -0.39 is 0 Å². The fourth-order valence-corrected chi connectivity index (χ4v) is 3.60. The van der Waals surface area contributed by atoms with Crippen molar-refractivity contribution in [1.82, 2.24) is 25.3 Å². The number of aryl methyl sites for hydroxylation is 2. The van der Waals surface area contributed by atoms with Crippen molar-refractivity contribution in [3.05, 3.63) is 27.8 Å². The quantitative estimate of drug-likeness (QED) is 0.907. The van der Waals surface area contributed by atoms with Crippen molar-refractivity contribution in [2.24, 2.45) is 0 Å². The number of nitrogens with one attached hydrogen (secondary N) is 1. The van der Waals surface area contributed by atoms with Crippen LogP contribution in [0, 0.1) is 6.92 Å². The summed E-state index contributed by atoms with van der Waals surface area (Å²) in [5, 5.41) is 7.99. The molecule has 1 saturated heterocycles. The first-order valence-corrected chi connectivity index (χ1v) is 8.77. The second-order valence-corrected chi connectivity index (χ2v) is 6.78. The molecular formula is C15H21N5O2S. The molecule has 3 heterocycles. The molecule has 1 aliphatic rings. The van der Waals surface area contributed by atoms with Crippen LogP contribution in [0.3, 0.4) is 0 Å². The Balaban J connectivity index is 1.53. The summed E-state index contributed by atoms with van der Waals surface area (Å²) in [6.07, 6.45) is 5.51. The first-order valence-electron chi connectivity index (χ1n) is 7.95. The summed E-state index contributed by atoms with van der Waals surface area (Å²) in [4.78, 5) is 24.1. The van der Waals surface area contributed by atoms with Crippen molar-refractivity contribution in [1.29, 1.82) is 0 Å². The maximum Gasteiger partial charge on any atom is 0.318 e. The lowest BCUT2D eigenvalue weighted by molar-refractivity contribution is 0.190. The average Bonchev–Trinajstić information content (AvgIpc) is 3.26. The van der Waals surface area contributed by atoms with E-state index in [1.807, 2.05) is 6.20 Å². The lowest BCUT2D eigenvalue weighted by Gasteiger charge is -2.22. The van der Waals surface area contributed by atoms with Gasteiger partial charge in [-0.1, -0.05) is 12.1 Å². The van der Waals surface area contributed by atoms with Crippen LogP contribution in [0.25, 0.3) is 0 Å². The van der Waals surface area contributed by atoms with Gasteiger partial charge in [-0.2, -0.15) is 4.98 Å². The smallest absolute Gasteiger partial charge is 0.318 e. The molecule has 7 nitrogen and oxygen atoms in total. The number of thiazole rings is 1. The molecule has 0 saturated carbocycles. The maximum absolute atomic E-state index is 12.4. The zero-order valence-electron chi connectivity index (χ0n) is 13.4. The van der Waals surface area contributed by atoms with E-state index in [-0.39, 0.29) is 12.1 Å². The van der Waals surface area contributed by atoms with Gasteiger partial charge in [0, 0.05) is 37.5 Å². The normalized spacial score (nSPS) is 17.7. The maximum atomic E-state index is 12.4. The standard InChI is InChI=1S/C15H21N5O2S/c1-3-11-9-17-13(23-11)6-7-16-15(21)20-8-4-5-12(20)14-18-10(2)22-19-14/h9,12H,3-8H2,1-2H3,(H,16,21)/t12-/m1/s1. The van der Waals surface area contributed by atoms with Crippen molar-refractivity contribution < 1.29 is 9.32 Å². The fourth-order valence-electron chi connectivity index (χ4n) is 2.73. The van der Waals surface area contributed by atoms with Gasteiger partial charge in [-0.25, -0.2) is 9.78 Å². The number of urea groups is 1. The number of aromatic nitrogens is 3. The highest BCUT2D eigenvalue weighted by Gasteiger charge is 2.33. The van der Waals surface area contributed by atoms with Gasteiger partial charge in [0.15, 0.2) is 5.82 Å². The first-order chi connectivity index (χ1) is 11.2. The molecule has 2 aromatic rings. The molecular weight excluding hydrogens is 314 g/mol. The number of carbonyl (C=O) groups excluding carboxylic acids is 1. The molecule has 8 heteroatoms. The van der Waals surface area contributed by atoms with Gasteiger partial charge in [0.05, 0.1) is 11.0 Å². The van der Waals surface area contributed by atoms with Crippen molar-refractivity contribution in [2.45, 2.75) is 45.6 Å². The van der Waals surface area contributed by atoms with Crippen LogP contribution in [0.5, 0.6) is 0 Å². The van der Waals surface area contributed by atoms with E-state index in [9.17, 15) is 4.79 Å². The van der Waals surface area contributed by atoms with Crippen molar-refractivity contribution in [3.63, 3.8) is 0 Å². The molecule has 2 amide bonds. The van der Waals surface area contributed by atoms with Crippen LogP contribution in [-0.2, 0) is 12.8 Å². The van der Waals surface area contributed by atoms with Crippen LogP contribution < -0.4 is 5.32 Å². The molecule has 2 aromatic heterocycles. The first kappa shape index (κ1) is 15.9. The topological polar surface area (TPSA) is 84.2 Å². The Bertz CT molecular complexity index is 668. The summed E-state index contributed by atoms with van der Waals surface area (Å²) in [6.45, 7) is 5.19. The SMILES string of the molecule is CCc1cnc(CCNC(=O)N2CCC[C@@H]2c2noc(C)n2)s1. The number of hydrogen-bond donors (Lipinski definition) is 1. The molecule has 1 fully saturated rings. The number of rotatable bonds is 5. The molecule has 1 N–H and O–H groups in total. The van der Waals surface area contributed by atoms with Gasteiger partial charge < -0.3 is 14.7 Å². The van der Waals surface area contributed by atoms with E-state index in [0.29, 0.717) is 18.3 Å². The highest BCUT2D eigenvalue weighted by atomic mass is 32.1. The summed E-state index contributed by atoms with van der Waals surface area (Å²) in [5.74, 6) is 1.13. The molecule has 1 atom stereocenters. The van der Waals surface area contributed by atoms with E-state index in [4.69, 9.17) is 4.52 Å². The summed E-state index contributed by atoms with van der Waals surface area (Å²) in [7, 11) is 0. The Morgan fingerprint density at radius 3 is 3.13 bits per heavy atom. The Morgan fingerprint density at radius 2 is 2.43 bits per heavy atom. The fraction of sp³-hybridized carbons (Fsp3) is 0.600. The van der Waals surface area contributed by atoms with Gasteiger partial charge in [0.2, 0.25) is 5.89 Å². The largest absolute Gasteiger partial charge is 0.340 e. The number of carbonyl (C=O) groups is 1. The molecule has 0 aromatic carbocycles. The van der Waals surface area contributed by atoms with E-state index >= 15 is 0 Å². The van der Waals surface area contributed by atoms with E-state index in [0.717, 1.165) is 37.2 Å². The molecule has 0 bridgehead atoms. The minimum absolute atomic E-state index is 0.0674. The van der Waals surface area contributed by atoms with E-state index in [2.05, 4.69) is 27.4 Å². The van der Waals surface area contributed by atoms with E-state index in [1.165, 1.54) is 4.88 Å². The van der Waals surface area contributed by atoms with Gasteiger partial charge in [0.1, 0.15) is 0 Å². The number of likely N-dealkylation sites (tertiary alicyclic amines) is 1. The zero-order chi connectivity index (χ0) is 16.2. The molecule has 0 spiro atoms. The highest BCUT2D eigenvalue weighted by molar-refractivity contribution is 7.11. The monoisotopic (exact) mass is 335 g/mol. The second-order valence-electron chi connectivity index (χ2n) is 5.58. The number of hydrogen-bond acceptors (Lipinski definition) is 6. The Morgan fingerprint density at radius 1 is 1.57 bits per heavy atom. The van der Waals surface area contributed by atoms with Gasteiger partial charge in [0.25, 0.3) is 0 Å². The van der Waals surface area contributed by atoms with Crippen LogP contribution in [0.4, 0.5) is 4.79 Å². The average molecular weight is 335 g/mol. The lowest BCUT2D eigenvalue weighted by Crippen LogP contribution is -2.40. The van der Waals surface area contributed by atoms with Crippen molar-refractivity contribution in [3.8, 4) is 0 Å². The summed E-state index contributed by atoms with van der Waals surface area (Å²) < 4.78 is 5.03. The Labute approximate surface area is 139 Å². The predicted molar refractivity (Wildman–Crippen MR) is 86.3 cm³/mol. The zero-order valence-corrected chi connectivity index (χ0v) is 14.2. The van der Waals surface area contributed by atoms with Gasteiger partial charge in [-0.05, 0) is 19.3 Å². The number of nitrogens with zero attached hydrogens (tertiary/aromatic N) is 4. The molecule has 0 radical (unpaired) electrons. The third-order valence-electron chi connectivity index (χ3n) is 3.92. The van der Waals surface area contributed by atoms with Crippen LogP contribution in [0.1, 0.15) is 47.4 Å². The van der Waals surface area contributed by atoms with Crippen molar-refractivity contribution in [2.75, 3.05) is 13.1 Å². The molecule has 3 rings (SSSR count). The third kappa shape index (κ3) is 3.69. The molecule has 23 heavy (non-hydrogen) atoms. The Hall–Kier alpha value is -1.96. The van der Waals surface area contributed by atoms with E-state index in [1.54, 1.807) is 23.2 Å².